The fraction of sp³-hybridized carbons (Fsp3) is 0.231. The number of nitrogens with zero attached hydrogens (tertiary/aromatic N) is 3. The van der Waals surface area contributed by atoms with Gasteiger partial charge in [0.2, 0.25) is 10.0 Å². The highest BCUT2D eigenvalue weighted by atomic mass is 32.2. The highest BCUT2D eigenvalue weighted by Gasteiger charge is 2.28. The van der Waals surface area contributed by atoms with E-state index in [9.17, 15) is 13.2 Å². The zero-order valence-corrected chi connectivity index (χ0v) is 19.7. The van der Waals surface area contributed by atoms with Crippen molar-refractivity contribution in [1.29, 1.82) is 0 Å². The van der Waals surface area contributed by atoms with E-state index in [-0.39, 0.29) is 10.8 Å². The minimum Gasteiger partial charge on any atom is -0.338 e. The van der Waals surface area contributed by atoms with Gasteiger partial charge in [-0.2, -0.15) is 4.31 Å². The smallest absolute Gasteiger partial charge is 0.252 e. The Morgan fingerprint density at radius 3 is 2.38 bits per heavy atom. The first-order valence-corrected chi connectivity index (χ1v) is 12.8. The van der Waals surface area contributed by atoms with Crippen molar-refractivity contribution < 1.29 is 13.2 Å². The molecule has 1 saturated heterocycles. The molecule has 1 unspecified atom stereocenters. The molecule has 0 spiro atoms. The van der Waals surface area contributed by atoms with Crippen molar-refractivity contribution in [2.24, 2.45) is 7.05 Å². The van der Waals surface area contributed by atoms with E-state index < -0.39 is 16.1 Å². The largest absolute Gasteiger partial charge is 0.338 e. The topological polar surface area (TPSA) is 84.3 Å². The lowest BCUT2D eigenvalue weighted by molar-refractivity contribution is 0.0941. The highest BCUT2D eigenvalue weighted by molar-refractivity contribution is 7.89. The van der Waals surface area contributed by atoms with E-state index in [0.29, 0.717) is 24.5 Å². The van der Waals surface area contributed by atoms with Gasteiger partial charge in [-0.25, -0.2) is 13.4 Å². The van der Waals surface area contributed by atoms with Gasteiger partial charge in [0.1, 0.15) is 11.9 Å². The summed E-state index contributed by atoms with van der Waals surface area (Å²) in [6, 6.07) is 23.2. The Kier molecular flexibility index (Phi) is 5.93. The average molecular weight is 475 g/mol. The summed E-state index contributed by atoms with van der Waals surface area (Å²) in [7, 11) is -1.69. The molecule has 1 fully saturated rings. The van der Waals surface area contributed by atoms with Crippen molar-refractivity contribution in [2.45, 2.75) is 23.8 Å². The molecule has 5 rings (SSSR count). The number of imidazole rings is 1. The number of fused-ring (bicyclic) bond motifs is 1. The molecular weight excluding hydrogens is 448 g/mol. The normalized spacial score (nSPS) is 15.4. The van der Waals surface area contributed by atoms with E-state index in [1.807, 2.05) is 66.2 Å². The quantitative estimate of drug-likeness (QED) is 0.460. The molecule has 8 heteroatoms. The van der Waals surface area contributed by atoms with Gasteiger partial charge in [0.25, 0.3) is 5.91 Å². The van der Waals surface area contributed by atoms with E-state index in [1.165, 1.54) is 10.4 Å². The molecule has 4 aromatic rings. The third kappa shape index (κ3) is 4.10. The number of sulfonamides is 1. The van der Waals surface area contributed by atoms with Crippen molar-refractivity contribution in [1.82, 2.24) is 19.2 Å². The number of hydrogen-bond acceptors (Lipinski definition) is 4. The Labute approximate surface area is 199 Å². The van der Waals surface area contributed by atoms with Gasteiger partial charge in [-0.3, -0.25) is 4.79 Å². The van der Waals surface area contributed by atoms with Crippen LogP contribution in [0, 0.1) is 0 Å². The van der Waals surface area contributed by atoms with E-state index in [4.69, 9.17) is 4.98 Å². The third-order valence-electron chi connectivity index (χ3n) is 6.29. The van der Waals surface area contributed by atoms with Crippen LogP contribution in [0.5, 0.6) is 0 Å². The summed E-state index contributed by atoms with van der Waals surface area (Å²) < 4.78 is 29.5. The first-order chi connectivity index (χ1) is 16.4. The third-order valence-corrected chi connectivity index (χ3v) is 8.18. The average Bonchev–Trinajstić information content (AvgIpc) is 3.53. The SMILES string of the molecule is Cn1c(C(NC(=O)c2cccc(S(=O)(=O)N3CCCC3)c2)c2ccccc2)nc2ccccc21. The van der Waals surface area contributed by atoms with Crippen LogP contribution in [-0.4, -0.2) is 41.3 Å². The number of para-hydroxylation sites is 2. The van der Waals surface area contributed by atoms with Gasteiger partial charge < -0.3 is 9.88 Å². The summed E-state index contributed by atoms with van der Waals surface area (Å²) in [5.74, 6) is 0.334. The zero-order chi connectivity index (χ0) is 23.7. The Bertz CT molecular complexity index is 1440. The van der Waals surface area contributed by atoms with Crippen LogP contribution in [-0.2, 0) is 17.1 Å². The van der Waals surface area contributed by atoms with E-state index in [2.05, 4.69) is 5.32 Å². The van der Waals surface area contributed by atoms with E-state index >= 15 is 0 Å². The molecule has 0 aliphatic carbocycles. The van der Waals surface area contributed by atoms with E-state index in [1.54, 1.807) is 18.2 Å². The summed E-state index contributed by atoms with van der Waals surface area (Å²) >= 11 is 0. The Hall–Kier alpha value is -3.49. The zero-order valence-electron chi connectivity index (χ0n) is 18.9. The van der Waals surface area contributed by atoms with Crippen molar-refractivity contribution in [3.8, 4) is 0 Å². The molecule has 1 amide bonds. The van der Waals surface area contributed by atoms with Crippen LogP contribution in [0.25, 0.3) is 11.0 Å². The summed E-state index contributed by atoms with van der Waals surface area (Å²) in [5.41, 5.74) is 2.98. The number of hydrogen-bond donors (Lipinski definition) is 1. The maximum atomic E-state index is 13.4. The number of benzene rings is 3. The van der Waals surface area contributed by atoms with Crippen LogP contribution in [0.1, 0.15) is 40.6 Å². The molecule has 7 nitrogen and oxygen atoms in total. The molecule has 1 N–H and O–H groups in total. The Balaban J connectivity index is 1.50. The summed E-state index contributed by atoms with van der Waals surface area (Å²) in [5, 5.41) is 3.09. The van der Waals surface area contributed by atoms with Crippen molar-refractivity contribution >= 4 is 27.0 Å². The van der Waals surface area contributed by atoms with Crippen LogP contribution in [0.15, 0.2) is 83.8 Å². The minimum absolute atomic E-state index is 0.140. The van der Waals surface area contributed by atoms with Crippen LogP contribution >= 0.6 is 0 Å². The first-order valence-electron chi connectivity index (χ1n) is 11.3. The van der Waals surface area contributed by atoms with Crippen molar-refractivity contribution in [2.75, 3.05) is 13.1 Å². The van der Waals surface area contributed by atoms with Gasteiger partial charge in [-0.05, 0) is 48.7 Å². The fourth-order valence-corrected chi connectivity index (χ4v) is 6.02. The molecule has 1 aromatic heterocycles. The second-order valence-electron chi connectivity index (χ2n) is 8.47. The van der Waals surface area contributed by atoms with Gasteiger partial charge in [-0.1, -0.05) is 48.5 Å². The van der Waals surface area contributed by atoms with Crippen molar-refractivity contribution in [3.05, 3.63) is 95.8 Å². The predicted molar refractivity (Wildman–Crippen MR) is 131 cm³/mol. The summed E-state index contributed by atoms with van der Waals surface area (Å²) in [6.07, 6.45) is 1.71. The number of carbonyl (C=O) groups excluding carboxylic acids is 1. The molecule has 34 heavy (non-hydrogen) atoms. The molecule has 2 heterocycles. The van der Waals surface area contributed by atoms with Gasteiger partial charge in [0, 0.05) is 25.7 Å². The molecule has 1 atom stereocenters. The monoisotopic (exact) mass is 474 g/mol. The number of aromatic nitrogens is 2. The summed E-state index contributed by atoms with van der Waals surface area (Å²) in [4.78, 5) is 18.3. The molecule has 0 radical (unpaired) electrons. The Morgan fingerprint density at radius 1 is 0.941 bits per heavy atom. The number of nitrogens with one attached hydrogen (secondary N) is 1. The lowest BCUT2D eigenvalue weighted by atomic mass is 10.1. The number of carbonyl (C=O) groups is 1. The van der Waals surface area contributed by atoms with Gasteiger partial charge in [0.15, 0.2) is 0 Å². The summed E-state index contributed by atoms with van der Waals surface area (Å²) in [6.45, 7) is 1.03. The predicted octanol–water partition coefficient (Wildman–Crippen LogP) is 3.88. The number of amides is 1. The van der Waals surface area contributed by atoms with Gasteiger partial charge >= 0.3 is 0 Å². The maximum absolute atomic E-state index is 13.4. The molecular formula is C26H26N4O3S. The number of rotatable bonds is 6. The van der Waals surface area contributed by atoms with Gasteiger partial charge in [0.05, 0.1) is 15.9 Å². The van der Waals surface area contributed by atoms with Crippen molar-refractivity contribution in [3.63, 3.8) is 0 Å². The molecule has 3 aromatic carbocycles. The maximum Gasteiger partial charge on any atom is 0.252 e. The second-order valence-corrected chi connectivity index (χ2v) is 10.4. The van der Waals surface area contributed by atoms with Crippen LogP contribution in [0.3, 0.4) is 0 Å². The Morgan fingerprint density at radius 2 is 1.65 bits per heavy atom. The molecule has 1 aliphatic rings. The number of aryl methyl sites for hydroxylation is 1. The minimum atomic E-state index is -3.61. The lowest BCUT2D eigenvalue weighted by Crippen LogP contribution is -2.31. The second kappa shape index (κ2) is 9.04. The van der Waals surface area contributed by atoms with Crippen LogP contribution in [0.2, 0.25) is 0 Å². The van der Waals surface area contributed by atoms with E-state index in [0.717, 1.165) is 29.4 Å². The standard InChI is InChI=1S/C26H26N4O3S/c1-29-23-15-6-5-14-22(23)27-25(29)24(19-10-3-2-4-11-19)28-26(31)20-12-9-13-21(18-20)34(32,33)30-16-7-8-17-30/h2-6,9-15,18,24H,7-8,16-17H2,1H3,(H,28,31). The lowest BCUT2D eigenvalue weighted by Gasteiger charge is -2.20. The first kappa shape index (κ1) is 22.3. The molecule has 1 aliphatic heterocycles. The molecule has 174 valence electrons. The van der Waals surface area contributed by atoms with Crippen LogP contribution < -0.4 is 5.32 Å². The van der Waals surface area contributed by atoms with Crippen LogP contribution in [0.4, 0.5) is 0 Å². The molecule has 0 saturated carbocycles. The highest BCUT2D eigenvalue weighted by Crippen LogP contribution is 2.26. The van der Waals surface area contributed by atoms with Gasteiger partial charge in [-0.15, -0.1) is 0 Å². The fourth-order valence-electron chi connectivity index (χ4n) is 4.45. The molecule has 0 bridgehead atoms.